The van der Waals surface area contributed by atoms with Crippen molar-refractivity contribution in [1.29, 1.82) is 0 Å². The highest BCUT2D eigenvalue weighted by molar-refractivity contribution is 7.99. The Hall–Kier alpha value is -2.48. The van der Waals surface area contributed by atoms with Crippen molar-refractivity contribution >= 4 is 29.4 Å². The third kappa shape index (κ3) is 4.05. The van der Waals surface area contributed by atoms with E-state index in [1.54, 1.807) is 7.11 Å². The number of hydrogen-bond donors (Lipinski definition) is 1. The Balaban J connectivity index is 1.58. The Morgan fingerprint density at radius 2 is 2.13 bits per heavy atom. The van der Waals surface area contributed by atoms with Crippen molar-refractivity contribution in [3.63, 3.8) is 0 Å². The molecular formula is C23H27NO6S. The second-order valence-corrected chi connectivity index (χ2v) is 9.37. The number of allylic oxidation sites excluding steroid dienone is 1. The van der Waals surface area contributed by atoms with Gasteiger partial charge in [-0.2, -0.15) is 0 Å². The second kappa shape index (κ2) is 8.94. The number of rotatable bonds is 6. The van der Waals surface area contributed by atoms with Crippen LogP contribution in [0.3, 0.4) is 0 Å². The van der Waals surface area contributed by atoms with Gasteiger partial charge in [-0.3, -0.25) is 9.59 Å². The average Bonchev–Trinajstić information content (AvgIpc) is 3.26. The standard InChI is InChI=1S/C23H27NO6S/c1-13(22(26)24-11-5-6-14(24)23(27)28)12-31-21-19-15(25)7-3-9-17(19)30-18-10-4-8-16(29-2)20(18)21/h4,8,10,13-14,21H,3,5-7,9,11-12H2,1-2H3,(H,27,28)/t13-,14+,21?/m1/s1. The van der Waals surface area contributed by atoms with E-state index in [9.17, 15) is 19.5 Å². The number of ketones is 1. The molecule has 2 heterocycles. The van der Waals surface area contributed by atoms with Gasteiger partial charge >= 0.3 is 5.97 Å². The zero-order valence-corrected chi connectivity index (χ0v) is 18.6. The number of Topliss-reactive ketones (excluding diaryl/α,β-unsaturated/α-hetero) is 1. The molecule has 2 aliphatic heterocycles. The lowest BCUT2D eigenvalue weighted by Crippen LogP contribution is -2.43. The number of hydrogen-bond acceptors (Lipinski definition) is 6. The molecular weight excluding hydrogens is 418 g/mol. The Kier molecular flexibility index (Phi) is 6.27. The molecule has 1 aliphatic carbocycles. The molecule has 0 bridgehead atoms. The first kappa shape index (κ1) is 21.7. The first-order chi connectivity index (χ1) is 14.9. The van der Waals surface area contributed by atoms with Crippen LogP contribution in [-0.4, -0.2) is 53.1 Å². The first-order valence-electron chi connectivity index (χ1n) is 10.7. The number of aliphatic carboxylic acids is 1. The van der Waals surface area contributed by atoms with Gasteiger partial charge in [0.15, 0.2) is 5.78 Å². The number of carboxylic acid groups (broad SMARTS) is 1. The monoisotopic (exact) mass is 445 g/mol. The van der Waals surface area contributed by atoms with Crippen molar-refractivity contribution in [2.45, 2.75) is 50.3 Å². The number of fused-ring (bicyclic) bond motifs is 1. The van der Waals surface area contributed by atoms with E-state index in [1.807, 2.05) is 25.1 Å². The molecule has 1 aromatic carbocycles. The fourth-order valence-corrected chi connectivity index (χ4v) is 6.06. The molecule has 3 aliphatic rings. The van der Waals surface area contributed by atoms with Crippen molar-refractivity contribution in [3.05, 3.63) is 35.1 Å². The van der Waals surface area contributed by atoms with E-state index in [0.717, 1.165) is 24.2 Å². The van der Waals surface area contributed by atoms with Gasteiger partial charge in [-0.25, -0.2) is 4.79 Å². The van der Waals surface area contributed by atoms with Crippen LogP contribution in [0.4, 0.5) is 0 Å². The Bertz CT molecular complexity index is 942. The summed E-state index contributed by atoms with van der Waals surface area (Å²) in [6, 6.07) is 4.86. The van der Waals surface area contributed by atoms with Crippen LogP contribution in [0, 0.1) is 5.92 Å². The number of carbonyl (C=O) groups excluding carboxylic acids is 2. The van der Waals surface area contributed by atoms with E-state index in [-0.39, 0.29) is 22.9 Å². The van der Waals surface area contributed by atoms with Gasteiger partial charge in [0.1, 0.15) is 23.3 Å². The largest absolute Gasteiger partial charge is 0.496 e. The van der Waals surface area contributed by atoms with Crippen molar-refractivity contribution in [2.24, 2.45) is 5.92 Å². The van der Waals surface area contributed by atoms with E-state index in [0.29, 0.717) is 48.6 Å². The van der Waals surface area contributed by atoms with Crippen molar-refractivity contribution < 1.29 is 29.0 Å². The summed E-state index contributed by atoms with van der Waals surface area (Å²) in [6.45, 7) is 2.31. The van der Waals surface area contributed by atoms with Gasteiger partial charge in [0.05, 0.1) is 23.5 Å². The summed E-state index contributed by atoms with van der Waals surface area (Å²) in [7, 11) is 1.59. The Morgan fingerprint density at radius 3 is 2.87 bits per heavy atom. The number of carbonyl (C=O) groups is 3. The van der Waals surface area contributed by atoms with Gasteiger partial charge in [0.25, 0.3) is 0 Å². The van der Waals surface area contributed by atoms with Crippen molar-refractivity contribution in [2.75, 3.05) is 19.4 Å². The van der Waals surface area contributed by atoms with E-state index in [2.05, 4.69) is 0 Å². The first-order valence-corrected chi connectivity index (χ1v) is 11.7. The number of thioether (sulfide) groups is 1. The third-order valence-electron chi connectivity index (χ3n) is 6.17. The second-order valence-electron chi connectivity index (χ2n) is 8.23. The van der Waals surface area contributed by atoms with E-state index in [4.69, 9.17) is 9.47 Å². The van der Waals surface area contributed by atoms with Crippen molar-refractivity contribution in [3.8, 4) is 11.5 Å². The van der Waals surface area contributed by atoms with E-state index >= 15 is 0 Å². The lowest BCUT2D eigenvalue weighted by molar-refractivity contribution is -0.149. The lowest BCUT2D eigenvalue weighted by atomic mass is 9.88. The minimum atomic E-state index is -0.948. The molecule has 0 aromatic heterocycles. The van der Waals surface area contributed by atoms with Gasteiger partial charge in [0, 0.05) is 31.1 Å². The van der Waals surface area contributed by atoms with Crippen LogP contribution in [-0.2, 0) is 14.4 Å². The topological polar surface area (TPSA) is 93.1 Å². The molecule has 0 radical (unpaired) electrons. The number of nitrogens with zero attached hydrogens (tertiary/aromatic N) is 1. The summed E-state index contributed by atoms with van der Waals surface area (Å²) in [6.07, 6.45) is 3.19. The Morgan fingerprint density at radius 1 is 1.32 bits per heavy atom. The number of methoxy groups -OCH3 is 1. The minimum Gasteiger partial charge on any atom is -0.496 e. The van der Waals surface area contributed by atoms with Crippen molar-refractivity contribution in [1.82, 2.24) is 4.90 Å². The molecule has 166 valence electrons. The SMILES string of the molecule is COc1cccc2c1C(SC[C@@H](C)C(=O)N1CCC[C@H]1C(=O)O)C1=C(CCCC1=O)O2. The van der Waals surface area contributed by atoms with E-state index < -0.39 is 12.0 Å². The quantitative estimate of drug-likeness (QED) is 0.715. The predicted octanol–water partition coefficient (Wildman–Crippen LogP) is 3.58. The fourth-order valence-electron chi connectivity index (χ4n) is 4.61. The molecule has 31 heavy (non-hydrogen) atoms. The maximum absolute atomic E-state index is 13.0. The summed E-state index contributed by atoms with van der Waals surface area (Å²) in [5, 5.41) is 9.13. The summed E-state index contributed by atoms with van der Waals surface area (Å²) in [5.41, 5.74) is 1.51. The third-order valence-corrected chi connectivity index (χ3v) is 7.66. The van der Waals surface area contributed by atoms with Crippen LogP contribution < -0.4 is 9.47 Å². The van der Waals surface area contributed by atoms with Crippen LogP contribution in [0.25, 0.3) is 0 Å². The molecule has 0 saturated carbocycles. The molecule has 1 aromatic rings. The molecule has 0 spiro atoms. The molecule has 3 atom stereocenters. The van der Waals surface area contributed by atoms with Crippen LogP contribution in [0.1, 0.15) is 49.8 Å². The predicted molar refractivity (Wildman–Crippen MR) is 116 cm³/mol. The smallest absolute Gasteiger partial charge is 0.326 e. The highest BCUT2D eigenvalue weighted by atomic mass is 32.2. The van der Waals surface area contributed by atoms with Gasteiger partial charge in [-0.15, -0.1) is 11.8 Å². The zero-order chi connectivity index (χ0) is 22.1. The molecule has 1 amide bonds. The number of carboxylic acids is 1. The van der Waals surface area contributed by atoms with Crippen LogP contribution in [0.15, 0.2) is 29.5 Å². The van der Waals surface area contributed by atoms with Crippen LogP contribution >= 0.6 is 11.8 Å². The normalized spacial score (nSPS) is 23.7. The zero-order valence-electron chi connectivity index (χ0n) is 17.8. The highest BCUT2D eigenvalue weighted by Gasteiger charge is 2.40. The van der Waals surface area contributed by atoms with Gasteiger partial charge in [0.2, 0.25) is 5.91 Å². The number of likely N-dealkylation sites (tertiary alicyclic amines) is 1. The van der Waals surface area contributed by atoms with E-state index in [1.165, 1.54) is 16.7 Å². The number of amides is 1. The lowest BCUT2D eigenvalue weighted by Gasteiger charge is -2.33. The Labute approximate surface area is 185 Å². The fraction of sp³-hybridized carbons (Fsp3) is 0.522. The maximum Gasteiger partial charge on any atom is 0.326 e. The highest BCUT2D eigenvalue weighted by Crippen LogP contribution is 2.52. The maximum atomic E-state index is 13.0. The van der Waals surface area contributed by atoms with Crippen LogP contribution in [0.2, 0.25) is 0 Å². The average molecular weight is 446 g/mol. The van der Waals surface area contributed by atoms with Crippen LogP contribution in [0.5, 0.6) is 11.5 Å². The molecule has 1 unspecified atom stereocenters. The summed E-state index contributed by atoms with van der Waals surface area (Å²) in [5.74, 6) is 1.16. The molecule has 4 rings (SSSR count). The van der Waals surface area contributed by atoms with Gasteiger partial charge in [-0.05, 0) is 31.4 Å². The summed E-state index contributed by atoms with van der Waals surface area (Å²) < 4.78 is 11.6. The number of benzene rings is 1. The van der Waals surface area contributed by atoms with Gasteiger partial charge in [-0.1, -0.05) is 13.0 Å². The molecule has 1 saturated heterocycles. The number of ether oxygens (including phenoxy) is 2. The molecule has 8 heteroatoms. The van der Waals surface area contributed by atoms with Gasteiger partial charge < -0.3 is 19.5 Å². The molecule has 1 fully saturated rings. The minimum absolute atomic E-state index is 0.0831. The summed E-state index contributed by atoms with van der Waals surface area (Å²) >= 11 is 1.53. The molecule has 1 N–H and O–H groups in total. The summed E-state index contributed by atoms with van der Waals surface area (Å²) in [4.78, 5) is 38.8. The molecule has 7 nitrogen and oxygen atoms in total.